The van der Waals surface area contributed by atoms with Crippen LogP contribution in [0.1, 0.15) is 49.9 Å². The highest BCUT2D eigenvalue weighted by molar-refractivity contribution is 5.54. The first-order valence-corrected chi connectivity index (χ1v) is 17.3. The van der Waals surface area contributed by atoms with Crippen molar-refractivity contribution in [2.45, 2.75) is 53.4 Å². The second-order valence-corrected chi connectivity index (χ2v) is 11.9. The van der Waals surface area contributed by atoms with E-state index in [1.54, 1.807) is 48.5 Å². The Morgan fingerprint density at radius 1 is 0.333 bits per heavy atom. The number of benzene rings is 6. The van der Waals surface area contributed by atoms with Crippen LogP contribution in [0.4, 0.5) is 8.78 Å². The third-order valence-corrected chi connectivity index (χ3v) is 8.36. The number of halogens is 2. The Labute approximate surface area is 298 Å². The van der Waals surface area contributed by atoms with Crippen LogP contribution in [0.25, 0.3) is 0 Å². The summed E-state index contributed by atoms with van der Waals surface area (Å²) in [5, 5.41) is 0. The highest BCUT2D eigenvalue weighted by Crippen LogP contribution is 2.40. The molecule has 0 aromatic heterocycles. The smallest absolute Gasteiger partial charge is 0.131 e. The summed E-state index contributed by atoms with van der Waals surface area (Å²) in [4.78, 5) is 0. The highest BCUT2D eigenvalue weighted by Gasteiger charge is 2.17. The third kappa shape index (κ3) is 8.86. The van der Waals surface area contributed by atoms with Gasteiger partial charge >= 0.3 is 0 Å². The third-order valence-electron chi connectivity index (χ3n) is 8.36. The van der Waals surface area contributed by atoms with E-state index in [1.165, 1.54) is 24.3 Å². The predicted molar refractivity (Wildman–Crippen MR) is 196 cm³/mol. The van der Waals surface area contributed by atoms with E-state index in [0.29, 0.717) is 34.5 Å². The molecule has 0 atom stereocenters. The lowest BCUT2D eigenvalue weighted by Gasteiger charge is -2.20. The van der Waals surface area contributed by atoms with E-state index < -0.39 is 0 Å². The maximum atomic E-state index is 13.7. The van der Waals surface area contributed by atoms with Gasteiger partial charge in [-0.05, 0) is 121 Å². The molecule has 6 rings (SSSR count). The molecule has 0 saturated heterocycles. The molecule has 0 spiro atoms. The van der Waals surface area contributed by atoms with Gasteiger partial charge in [0, 0.05) is 24.3 Å². The molecule has 260 valence electrons. The number of hydrogen-bond donors (Lipinski definition) is 0. The van der Waals surface area contributed by atoms with E-state index in [2.05, 4.69) is 39.8 Å². The van der Waals surface area contributed by atoms with Gasteiger partial charge in [0.2, 0.25) is 0 Å². The molecule has 7 heteroatoms. The minimum absolute atomic E-state index is 0.361. The summed E-state index contributed by atoms with van der Waals surface area (Å²) in [6, 6.07) is 34.9. The number of rotatable bonds is 14. The van der Waals surface area contributed by atoms with Crippen molar-refractivity contribution in [2.75, 3.05) is 0 Å². The van der Waals surface area contributed by atoms with Gasteiger partial charge in [-0.3, -0.25) is 0 Å². The Morgan fingerprint density at radius 2 is 0.608 bits per heavy atom. The fourth-order valence-corrected chi connectivity index (χ4v) is 5.68. The lowest BCUT2D eigenvalue weighted by Crippen LogP contribution is -2.00. The molecule has 0 saturated carbocycles. The first kappa shape index (κ1) is 35.0. The number of ether oxygens (including phenoxy) is 5. The van der Waals surface area contributed by atoms with Gasteiger partial charge in [-0.25, -0.2) is 8.78 Å². The molecule has 0 radical (unpaired) electrons. The summed E-state index contributed by atoms with van der Waals surface area (Å²) < 4.78 is 58.6. The summed E-state index contributed by atoms with van der Waals surface area (Å²) in [5.41, 5.74) is 4.00. The topological polar surface area (TPSA) is 46.2 Å². The Morgan fingerprint density at radius 3 is 0.922 bits per heavy atom. The molecule has 0 aliphatic carbocycles. The van der Waals surface area contributed by atoms with Crippen LogP contribution < -0.4 is 23.7 Å². The molecule has 0 unspecified atom stereocenters. The fourth-order valence-electron chi connectivity index (χ4n) is 5.68. The second-order valence-electron chi connectivity index (χ2n) is 11.9. The van der Waals surface area contributed by atoms with Gasteiger partial charge < -0.3 is 23.7 Å². The average Bonchev–Trinajstić information content (AvgIpc) is 3.12. The van der Waals surface area contributed by atoms with Gasteiger partial charge in [0.15, 0.2) is 0 Å². The highest BCUT2D eigenvalue weighted by atomic mass is 19.1. The molecule has 0 fully saturated rings. The van der Waals surface area contributed by atoms with Crippen LogP contribution in [0.3, 0.4) is 0 Å². The van der Waals surface area contributed by atoms with Crippen molar-refractivity contribution >= 4 is 0 Å². The van der Waals surface area contributed by atoms with Crippen LogP contribution in [0, 0.1) is 11.6 Å². The zero-order valence-corrected chi connectivity index (χ0v) is 29.2. The minimum atomic E-state index is -0.361. The number of hydrogen-bond acceptors (Lipinski definition) is 5. The summed E-state index contributed by atoms with van der Waals surface area (Å²) >= 11 is 0. The maximum absolute atomic E-state index is 13.7. The van der Waals surface area contributed by atoms with E-state index in [1.807, 2.05) is 36.4 Å². The summed E-state index contributed by atoms with van der Waals surface area (Å²) in [7, 11) is 0. The Hall–Kier alpha value is -5.82. The zero-order chi connectivity index (χ0) is 35.7. The molecule has 0 aliphatic rings. The van der Waals surface area contributed by atoms with Crippen LogP contribution in [0.2, 0.25) is 0 Å². The van der Waals surface area contributed by atoms with Crippen molar-refractivity contribution in [3.05, 3.63) is 155 Å². The lowest BCUT2D eigenvalue weighted by atomic mass is 10.0. The van der Waals surface area contributed by atoms with Crippen molar-refractivity contribution in [1.29, 1.82) is 0 Å². The molecule has 0 heterocycles. The first-order valence-electron chi connectivity index (χ1n) is 17.3. The van der Waals surface area contributed by atoms with Gasteiger partial charge in [-0.15, -0.1) is 0 Å². The molecule has 0 amide bonds. The molecular weight excluding hydrogens is 646 g/mol. The molecule has 0 aliphatic heterocycles. The molecule has 0 N–H and O–H groups in total. The standard InChI is InChI=1S/C44H40F2O5/c1-5-29-23-43(31(7-3)21-41(29)49-39-19-11-17-37(27-39)47-35-15-9-13-33(45)25-35)51-44-24-30(6-2)42(22-32(44)8-4)50-40-20-12-18-38(28-40)48-36-16-10-14-34(46)26-36/h9-28H,5-8H2,1-4H3. The van der Waals surface area contributed by atoms with E-state index in [-0.39, 0.29) is 11.6 Å². The maximum Gasteiger partial charge on any atom is 0.131 e. The summed E-state index contributed by atoms with van der Waals surface area (Å²) in [6.45, 7) is 8.34. The fraction of sp³-hybridized carbons (Fsp3) is 0.182. The van der Waals surface area contributed by atoms with Gasteiger partial charge in [0.25, 0.3) is 0 Å². The average molecular weight is 687 g/mol. The van der Waals surface area contributed by atoms with Gasteiger partial charge in [-0.2, -0.15) is 0 Å². The van der Waals surface area contributed by atoms with Crippen molar-refractivity contribution in [2.24, 2.45) is 0 Å². The van der Waals surface area contributed by atoms with Crippen molar-refractivity contribution in [3.63, 3.8) is 0 Å². The molecular formula is C44H40F2O5. The minimum Gasteiger partial charge on any atom is -0.457 e. The molecule has 6 aromatic rings. The largest absolute Gasteiger partial charge is 0.457 e. The van der Waals surface area contributed by atoms with Crippen LogP contribution >= 0.6 is 0 Å². The van der Waals surface area contributed by atoms with Crippen molar-refractivity contribution < 1.29 is 32.5 Å². The van der Waals surface area contributed by atoms with Gasteiger partial charge in [-0.1, -0.05) is 52.0 Å². The normalized spacial score (nSPS) is 10.9. The first-order chi connectivity index (χ1) is 24.8. The van der Waals surface area contributed by atoms with E-state index >= 15 is 0 Å². The van der Waals surface area contributed by atoms with E-state index in [0.717, 1.165) is 70.9 Å². The lowest BCUT2D eigenvalue weighted by molar-refractivity contribution is 0.444. The molecule has 0 bridgehead atoms. The summed E-state index contributed by atoms with van der Waals surface area (Å²) in [6.07, 6.45) is 2.92. The van der Waals surface area contributed by atoms with Crippen LogP contribution in [0.5, 0.6) is 57.5 Å². The Balaban J connectivity index is 1.23. The van der Waals surface area contributed by atoms with Crippen molar-refractivity contribution in [3.8, 4) is 57.5 Å². The van der Waals surface area contributed by atoms with E-state index in [4.69, 9.17) is 23.7 Å². The monoisotopic (exact) mass is 686 g/mol. The predicted octanol–water partition coefficient (Wildman–Crippen LogP) is 13.2. The molecule has 5 nitrogen and oxygen atoms in total. The second kappa shape index (κ2) is 16.3. The Bertz CT molecular complexity index is 1980. The quantitative estimate of drug-likeness (QED) is 0.114. The van der Waals surface area contributed by atoms with Crippen molar-refractivity contribution in [1.82, 2.24) is 0 Å². The zero-order valence-electron chi connectivity index (χ0n) is 29.2. The molecule has 51 heavy (non-hydrogen) atoms. The van der Waals surface area contributed by atoms with Crippen LogP contribution in [-0.4, -0.2) is 0 Å². The van der Waals surface area contributed by atoms with Gasteiger partial charge in [0.05, 0.1) is 0 Å². The Kier molecular flexibility index (Phi) is 11.2. The number of aryl methyl sites for hydroxylation is 4. The van der Waals surface area contributed by atoms with Crippen LogP contribution in [0.15, 0.2) is 121 Å². The molecule has 6 aromatic carbocycles. The SMILES string of the molecule is CCc1cc(Oc2cc(CC)c(Oc3cccc(Oc4cccc(F)c4)c3)cc2CC)c(CC)cc1Oc1cccc(Oc2cccc(F)c2)c1. The van der Waals surface area contributed by atoms with E-state index in [9.17, 15) is 8.78 Å². The van der Waals surface area contributed by atoms with Gasteiger partial charge in [0.1, 0.15) is 69.1 Å². The van der Waals surface area contributed by atoms with Crippen LogP contribution in [-0.2, 0) is 25.7 Å². The summed E-state index contributed by atoms with van der Waals surface area (Å²) in [5.74, 6) is 5.43.